The Morgan fingerprint density at radius 2 is 1.10 bits per heavy atom. The van der Waals surface area contributed by atoms with Gasteiger partial charge in [-0.25, -0.2) is 0 Å². The van der Waals surface area contributed by atoms with Crippen molar-refractivity contribution < 1.29 is 0 Å². The highest BCUT2D eigenvalue weighted by atomic mass is 15.2. The summed E-state index contributed by atoms with van der Waals surface area (Å²) in [5.74, 6) is 5.23. The molecule has 0 radical (unpaired) electrons. The molecule has 20 heavy (non-hydrogen) atoms. The second-order valence-electron chi connectivity index (χ2n) is 5.89. The molecule has 0 aliphatic rings. The lowest BCUT2D eigenvalue weighted by Crippen LogP contribution is -2.22. The van der Waals surface area contributed by atoms with Gasteiger partial charge in [0, 0.05) is 6.54 Å². The van der Waals surface area contributed by atoms with Crippen LogP contribution in [0.5, 0.6) is 0 Å². The van der Waals surface area contributed by atoms with Crippen molar-refractivity contribution in [1.82, 2.24) is 5.43 Å². The Morgan fingerprint density at radius 1 is 0.650 bits per heavy atom. The van der Waals surface area contributed by atoms with E-state index in [9.17, 15) is 0 Å². The van der Waals surface area contributed by atoms with Crippen LogP contribution in [0.15, 0.2) is 12.2 Å². The number of unbranched alkanes of at least 4 members (excludes halogenated alkanes) is 12. The van der Waals surface area contributed by atoms with Crippen LogP contribution in [-0.2, 0) is 0 Å². The number of allylic oxidation sites excluding steroid dienone is 2. The van der Waals surface area contributed by atoms with Crippen molar-refractivity contribution >= 4 is 0 Å². The van der Waals surface area contributed by atoms with Crippen LogP contribution in [0.4, 0.5) is 0 Å². The second-order valence-corrected chi connectivity index (χ2v) is 5.89. The zero-order valence-electron chi connectivity index (χ0n) is 13.8. The van der Waals surface area contributed by atoms with Gasteiger partial charge in [-0.15, -0.1) is 0 Å². The fourth-order valence-corrected chi connectivity index (χ4v) is 2.47. The van der Waals surface area contributed by atoms with Gasteiger partial charge in [-0.2, -0.15) is 0 Å². The molecule has 0 amide bonds. The van der Waals surface area contributed by atoms with Gasteiger partial charge in [0.15, 0.2) is 0 Å². The third kappa shape index (κ3) is 17.7. The third-order valence-corrected chi connectivity index (χ3v) is 3.83. The predicted molar refractivity (Wildman–Crippen MR) is 91.6 cm³/mol. The van der Waals surface area contributed by atoms with Crippen molar-refractivity contribution in [3.8, 4) is 0 Å². The van der Waals surface area contributed by atoms with Crippen LogP contribution in [0, 0.1) is 0 Å². The topological polar surface area (TPSA) is 38.0 Å². The van der Waals surface area contributed by atoms with Gasteiger partial charge in [0.2, 0.25) is 0 Å². The Hall–Kier alpha value is -0.340. The highest BCUT2D eigenvalue weighted by Crippen LogP contribution is 2.09. The molecule has 0 unspecified atom stereocenters. The Kier molecular flexibility index (Phi) is 18.3. The molecule has 0 saturated carbocycles. The minimum absolute atomic E-state index is 0.960. The maximum absolute atomic E-state index is 5.23. The van der Waals surface area contributed by atoms with Crippen LogP contribution in [0.1, 0.15) is 96.8 Å². The first kappa shape index (κ1) is 19.7. The monoisotopic (exact) mass is 282 g/mol. The van der Waals surface area contributed by atoms with E-state index in [0.717, 1.165) is 6.54 Å². The first-order chi connectivity index (χ1) is 9.91. The first-order valence-corrected chi connectivity index (χ1v) is 9.00. The van der Waals surface area contributed by atoms with Crippen molar-refractivity contribution in [3.63, 3.8) is 0 Å². The fraction of sp³-hybridized carbons (Fsp3) is 0.889. The summed E-state index contributed by atoms with van der Waals surface area (Å²) in [5.41, 5.74) is 2.71. The standard InChI is InChI=1S/C18H38N2/c1-2-3-4-5-6-7-8-9-10-11-12-13-14-15-16-17-18-20-19/h9-10,20H,2-8,11-19H2,1H3/b10-9+. The summed E-state index contributed by atoms with van der Waals surface area (Å²) in [5, 5.41) is 0. The molecule has 0 aromatic carbocycles. The van der Waals surface area contributed by atoms with Crippen LogP contribution in [0.3, 0.4) is 0 Å². The van der Waals surface area contributed by atoms with Crippen molar-refractivity contribution in [2.24, 2.45) is 5.84 Å². The molecule has 0 aromatic heterocycles. The quantitative estimate of drug-likeness (QED) is 0.170. The molecular weight excluding hydrogens is 244 g/mol. The van der Waals surface area contributed by atoms with Gasteiger partial charge in [0.05, 0.1) is 0 Å². The van der Waals surface area contributed by atoms with E-state index in [1.807, 2.05) is 0 Å². The van der Waals surface area contributed by atoms with E-state index in [0.29, 0.717) is 0 Å². The number of hydrogen-bond donors (Lipinski definition) is 2. The molecular formula is C18H38N2. The van der Waals surface area contributed by atoms with Gasteiger partial charge < -0.3 is 0 Å². The van der Waals surface area contributed by atoms with E-state index in [1.54, 1.807) is 0 Å². The zero-order valence-corrected chi connectivity index (χ0v) is 13.8. The van der Waals surface area contributed by atoms with Crippen LogP contribution < -0.4 is 11.3 Å². The van der Waals surface area contributed by atoms with E-state index in [1.165, 1.54) is 89.9 Å². The molecule has 2 heteroatoms. The van der Waals surface area contributed by atoms with Gasteiger partial charge in [0.25, 0.3) is 0 Å². The zero-order chi connectivity index (χ0) is 14.7. The molecule has 0 aliphatic heterocycles. The average Bonchev–Trinajstić information content (AvgIpc) is 2.47. The summed E-state index contributed by atoms with van der Waals surface area (Å²) in [7, 11) is 0. The second kappa shape index (κ2) is 18.7. The average molecular weight is 283 g/mol. The summed E-state index contributed by atoms with van der Waals surface area (Å²) in [6.45, 7) is 3.24. The van der Waals surface area contributed by atoms with Crippen molar-refractivity contribution in [2.75, 3.05) is 6.54 Å². The van der Waals surface area contributed by atoms with Crippen molar-refractivity contribution in [2.45, 2.75) is 96.8 Å². The maximum Gasteiger partial charge on any atom is 0.00974 e. The van der Waals surface area contributed by atoms with Crippen molar-refractivity contribution in [1.29, 1.82) is 0 Å². The van der Waals surface area contributed by atoms with E-state index in [-0.39, 0.29) is 0 Å². The minimum atomic E-state index is 0.960. The number of hydrogen-bond acceptors (Lipinski definition) is 2. The van der Waals surface area contributed by atoms with E-state index in [4.69, 9.17) is 5.84 Å². The van der Waals surface area contributed by atoms with Gasteiger partial charge in [-0.1, -0.05) is 76.9 Å². The highest BCUT2D eigenvalue weighted by Gasteiger charge is 1.91. The summed E-state index contributed by atoms with van der Waals surface area (Å²) < 4.78 is 0. The van der Waals surface area contributed by atoms with Crippen LogP contribution >= 0.6 is 0 Å². The molecule has 0 rings (SSSR count). The van der Waals surface area contributed by atoms with Gasteiger partial charge >= 0.3 is 0 Å². The van der Waals surface area contributed by atoms with E-state index < -0.39 is 0 Å². The highest BCUT2D eigenvalue weighted by molar-refractivity contribution is 4.81. The fourth-order valence-electron chi connectivity index (χ4n) is 2.47. The summed E-state index contributed by atoms with van der Waals surface area (Å²) in [6.07, 6.45) is 23.8. The molecule has 0 aromatic rings. The molecule has 0 fully saturated rings. The number of nitrogens with two attached hydrogens (primary N) is 1. The van der Waals surface area contributed by atoms with E-state index >= 15 is 0 Å². The lowest BCUT2D eigenvalue weighted by Gasteiger charge is -2.00. The molecule has 120 valence electrons. The van der Waals surface area contributed by atoms with Gasteiger partial charge in [-0.05, 0) is 32.1 Å². The molecule has 0 aliphatic carbocycles. The van der Waals surface area contributed by atoms with Gasteiger partial charge in [0.1, 0.15) is 0 Å². The maximum atomic E-state index is 5.23. The Morgan fingerprint density at radius 3 is 1.60 bits per heavy atom. The normalized spacial score (nSPS) is 11.5. The first-order valence-electron chi connectivity index (χ1n) is 9.00. The Balaban J connectivity index is 3.01. The Labute approximate surface area is 127 Å². The van der Waals surface area contributed by atoms with E-state index in [2.05, 4.69) is 24.5 Å². The summed E-state index contributed by atoms with van der Waals surface area (Å²) in [4.78, 5) is 0. The molecule has 2 nitrogen and oxygen atoms in total. The van der Waals surface area contributed by atoms with Crippen LogP contribution in [0.25, 0.3) is 0 Å². The van der Waals surface area contributed by atoms with Crippen LogP contribution in [0.2, 0.25) is 0 Å². The van der Waals surface area contributed by atoms with Crippen LogP contribution in [-0.4, -0.2) is 6.54 Å². The molecule has 0 saturated heterocycles. The third-order valence-electron chi connectivity index (χ3n) is 3.83. The SMILES string of the molecule is CCCCCCCC/C=C/CCCCCCCCNN. The molecule has 3 N–H and O–H groups in total. The smallest absolute Gasteiger partial charge is 0.00974 e. The number of nitrogens with one attached hydrogen (secondary N) is 1. The lowest BCUT2D eigenvalue weighted by atomic mass is 10.1. The molecule has 0 atom stereocenters. The molecule has 0 bridgehead atoms. The summed E-state index contributed by atoms with van der Waals surface area (Å²) in [6, 6.07) is 0. The molecule has 0 spiro atoms. The molecule has 0 heterocycles. The minimum Gasteiger partial charge on any atom is -0.271 e. The summed E-state index contributed by atoms with van der Waals surface area (Å²) >= 11 is 0. The Bertz CT molecular complexity index is 190. The van der Waals surface area contributed by atoms with Crippen molar-refractivity contribution in [3.05, 3.63) is 12.2 Å². The lowest BCUT2D eigenvalue weighted by molar-refractivity contribution is 0.574. The van der Waals surface area contributed by atoms with Gasteiger partial charge in [-0.3, -0.25) is 11.3 Å². The number of rotatable bonds is 16. The number of hydrazine groups is 1. The largest absolute Gasteiger partial charge is 0.271 e. The predicted octanol–water partition coefficient (Wildman–Crippen LogP) is 5.49.